The van der Waals surface area contributed by atoms with Crippen LogP contribution in [0.5, 0.6) is 0 Å². The molecule has 0 aliphatic carbocycles. The van der Waals surface area contributed by atoms with Gasteiger partial charge in [-0.15, -0.1) is 0 Å². The molecule has 13 aromatic rings. The van der Waals surface area contributed by atoms with Gasteiger partial charge in [0.05, 0.1) is 91.0 Å². The molecule has 0 bridgehead atoms. The summed E-state index contributed by atoms with van der Waals surface area (Å²) in [6, 6.07) is 63.8. The van der Waals surface area contributed by atoms with E-state index in [1.54, 1.807) is 97.9 Å². The minimum Gasteiger partial charge on any atom is -0.310 e. The van der Waals surface area contributed by atoms with Crippen molar-refractivity contribution in [2.45, 2.75) is 13.1 Å². The Hall–Kier alpha value is -13.8. The van der Waals surface area contributed by atoms with Gasteiger partial charge in [-0.25, -0.2) is 29.1 Å². The first-order chi connectivity index (χ1) is 44.1. The minimum atomic E-state index is -4.75. The molecular formula is C77H36F3N11. The van der Waals surface area contributed by atoms with Gasteiger partial charge >= 0.3 is 6.18 Å². The monoisotopic (exact) mass is 1170 g/mol. The highest BCUT2D eigenvalue weighted by molar-refractivity contribution is 6.14. The van der Waals surface area contributed by atoms with Crippen molar-refractivity contribution in [1.29, 1.82) is 15.8 Å². The van der Waals surface area contributed by atoms with Gasteiger partial charge in [-0.1, -0.05) is 72.8 Å². The molecule has 2 aromatic heterocycles. The molecule has 0 radical (unpaired) electrons. The van der Waals surface area contributed by atoms with Crippen LogP contribution in [0.25, 0.3) is 151 Å². The normalized spacial score (nSPS) is 11.0. The zero-order valence-electron chi connectivity index (χ0n) is 47.6. The number of aryl methyl sites for hydroxylation is 1. The molecule has 0 N–H and O–H groups in total. The fourth-order valence-electron chi connectivity index (χ4n) is 12.3. The summed E-state index contributed by atoms with van der Waals surface area (Å²) in [5.74, 6) is 0. The van der Waals surface area contributed by atoms with E-state index >= 15 is 13.2 Å². The first kappa shape index (κ1) is 56.4. The van der Waals surface area contributed by atoms with E-state index in [1.807, 2.05) is 81.9 Å². The molecule has 0 spiro atoms. The predicted molar refractivity (Wildman–Crippen MR) is 349 cm³/mol. The number of fused-ring (bicyclic) bond motifs is 6. The Morgan fingerprint density at radius 3 is 1.10 bits per heavy atom. The first-order valence-electron chi connectivity index (χ1n) is 27.9. The van der Waals surface area contributed by atoms with Crippen LogP contribution in [0.15, 0.2) is 200 Å². The Kier molecular flexibility index (Phi) is 13.8. The van der Waals surface area contributed by atoms with Crippen LogP contribution in [0.1, 0.15) is 27.8 Å². The summed E-state index contributed by atoms with van der Waals surface area (Å²) in [4.78, 5) is 22.2. The van der Waals surface area contributed by atoms with Gasteiger partial charge < -0.3 is 9.13 Å². The lowest BCUT2D eigenvalue weighted by Crippen LogP contribution is -2.08. The average Bonchev–Trinajstić information content (AvgIpc) is 1.61. The van der Waals surface area contributed by atoms with E-state index in [1.165, 1.54) is 30.3 Å². The van der Waals surface area contributed by atoms with Gasteiger partial charge in [0.15, 0.2) is 34.1 Å². The molecule has 0 aliphatic rings. The summed E-state index contributed by atoms with van der Waals surface area (Å²) in [5, 5.41) is 33.0. The van der Waals surface area contributed by atoms with E-state index in [9.17, 15) is 15.8 Å². The number of nitriles is 3. The molecule has 11 aromatic carbocycles. The number of rotatable bonds is 8. The summed E-state index contributed by atoms with van der Waals surface area (Å²) in [6.45, 7) is 49.4. The van der Waals surface area contributed by atoms with Crippen molar-refractivity contribution >= 4 is 77.7 Å². The standard InChI is InChI=1S/C77H36F3N11/c1-44-9-8-10-69(77(78,79)80)76(44)52-15-22-70(90-71-18-11-48(53-23-45(41-81)26-58(29-53)85-3)34-65(71)66-37-51(14-19-72(66)90)56-32-61(88-6)39-62(33-56)89-7)64(38-52)63-17-16-57(84-2)40-75(63)91-73-20-12-49(54-24-46(42-82)27-59(30-54)86-4)35-67(73)68-36-50(13-21-74(68)91)55-25-47(43-83)28-60(31-55)87-5/h8-40H,1H3. The van der Waals surface area contributed by atoms with E-state index in [0.717, 1.165) is 6.07 Å². The second-order valence-electron chi connectivity index (χ2n) is 21.6. The minimum absolute atomic E-state index is 0.0296. The predicted octanol–water partition coefficient (Wildman–Crippen LogP) is 22.1. The zero-order chi connectivity index (χ0) is 63.4. The number of nitrogens with zero attached hydrogens (tertiary/aromatic N) is 11. The summed E-state index contributed by atoms with van der Waals surface area (Å²) < 4.78 is 50.2. The molecule has 0 saturated carbocycles. The topological polar surface area (TPSA) is 107 Å². The first-order valence-corrected chi connectivity index (χ1v) is 27.9. The highest BCUT2D eigenvalue weighted by atomic mass is 19.4. The van der Waals surface area contributed by atoms with Crippen LogP contribution < -0.4 is 0 Å². The lowest BCUT2D eigenvalue weighted by atomic mass is 9.90. The Labute approximate surface area is 519 Å². The fraction of sp³-hybridized carbons (Fsp3) is 0.0260. The van der Waals surface area contributed by atoms with Crippen LogP contribution in [-0.2, 0) is 6.18 Å². The van der Waals surface area contributed by atoms with Gasteiger partial charge in [0.2, 0.25) is 0 Å². The molecule has 0 fully saturated rings. The second kappa shape index (κ2) is 22.3. The molecule has 13 rings (SSSR count). The van der Waals surface area contributed by atoms with Crippen molar-refractivity contribution < 1.29 is 13.2 Å². The van der Waals surface area contributed by atoms with Crippen molar-refractivity contribution in [2.75, 3.05) is 0 Å². The molecule has 0 amide bonds. The average molecular weight is 1170 g/mol. The maximum atomic E-state index is 15.4. The third-order valence-electron chi connectivity index (χ3n) is 16.3. The van der Waals surface area contributed by atoms with Gasteiger partial charge in [0.25, 0.3) is 0 Å². The van der Waals surface area contributed by atoms with Crippen LogP contribution in [0.4, 0.5) is 47.3 Å². The molecule has 2 heterocycles. The third-order valence-corrected chi connectivity index (χ3v) is 16.3. The number of halogens is 3. The Morgan fingerprint density at radius 1 is 0.341 bits per heavy atom. The molecule has 0 saturated heterocycles. The molecular weight excluding hydrogens is 1140 g/mol. The zero-order valence-corrected chi connectivity index (χ0v) is 47.6. The van der Waals surface area contributed by atoms with E-state index in [0.29, 0.717) is 133 Å². The van der Waals surface area contributed by atoms with Gasteiger partial charge in [-0.2, -0.15) is 29.0 Å². The lowest BCUT2D eigenvalue weighted by molar-refractivity contribution is -0.137. The van der Waals surface area contributed by atoms with Gasteiger partial charge in [0.1, 0.15) is 0 Å². The molecule has 0 unspecified atom stereocenters. The highest BCUT2D eigenvalue weighted by Crippen LogP contribution is 2.48. The highest BCUT2D eigenvalue weighted by Gasteiger charge is 2.35. The lowest BCUT2D eigenvalue weighted by Gasteiger charge is -2.22. The second-order valence-corrected chi connectivity index (χ2v) is 21.6. The van der Waals surface area contributed by atoms with Gasteiger partial charge in [0, 0.05) is 55.0 Å². The number of hydrogen-bond acceptors (Lipinski definition) is 3. The van der Waals surface area contributed by atoms with E-state index in [2.05, 4.69) is 47.3 Å². The molecule has 0 aliphatic heterocycles. The van der Waals surface area contributed by atoms with Crippen molar-refractivity contribution in [3.8, 4) is 96.3 Å². The van der Waals surface area contributed by atoms with Gasteiger partial charge in [-0.3, -0.25) is 0 Å². The van der Waals surface area contributed by atoms with E-state index in [-0.39, 0.29) is 45.3 Å². The quantitative estimate of drug-likeness (QED) is 0.141. The number of benzene rings is 11. The summed E-state index contributed by atoms with van der Waals surface area (Å²) in [7, 11) is 0. The van der Waals surface area contributed by atoms with Crippen LogP contribution in [0.3, 0.4) is 0 Å². The Bertz CT molecular complexity index is 5400. The molecule has 420 valence electrons. The van der Waals surface area contributed by atoms with E-state index < -0.39 is 11.7 Å². The summed E-state index contributed by atoms with van der Waals surface area (Å²) >= 11 is 0. The largest absolute Gasteiger partial charge is 0.417 e. The molecule has 91 heavy (non-hydrogen) atoms. The van der Waals surface area contributed by atoms with Crippen molar-refractivity contribution in [3.63, 3.8) is 0 Å². The fourth-order valence-corrected chi connectivity index (χ4v) is 12.3. The van der Waals surface area contributed by atoms with Crippen molar-refractivity contribution in [2.24, 2.45) is 0 Å². The summed E-state index contributed by atoms with van der Waals surface area (Å²) in [5.41, 5.74) is 12.0. The van der Waals surface area contributed by atoms with Crippen LogP contribution >= 0.6 is 0 Å². The van der Waals surface area contributed by atoms with Crippen LogP contribution in [-0.4, -0.2) is 9.13 Å². The third kappa shape index (κ3) is 9.87. The molecule has 0 atom stereocenters. The maximum Gasteiger partial charge on any atom is 0.417 e. The molecule has 11 nitrogen and oxygen atoms in total. The van der Waals surface area contributed by atoms with Gasteiger partial charge in [-0.05, 0) is 196 Å². The molecule has 14 heteroatoms. The Morgan fingerprint density at radius 2 is 0.714 bits per heavy atom. The smallest absolute Gasteiger partial charge is 0.310 e. The van der Waals surface area contributed by atoms with Crippen LogP contribution in [0, 0.1) is 80.3 Å². The van der Waals surface area contributed by atoms with Crippen LogP contribution in [0.2, 0.25) is 0 Å². The van der Waals surface area contributed by atoms with E-state index in [4.69, 9.17) is 39.4 Å². The van der Waals surface area contributed by atoms with Crippen molar-refractivity contribution in [3.05, 3.63) is 297 Å². The summed E-state index contributed by atoms with van der Waals surface area (Å²) in [6.07, 6.45) is -4.75. The maximum absolute atomic E-state index is 15.4. The van der Waals surface area contributed by atoms with Crippen molar-refractivity contribution in [1.82, 2.24) is 9.13 Å². The SMILES string of the molecule is [C-]#[N+]c1cc(C#N)cc(-c2ccc3c(c2)c2cc(-c4cc([N+]#[C-])cc([N+]#[C-])c4)ccc2n3-c2ccc(-c3c(C)cccc3C(F)(F)F)cc2-c2ccc([N+]#[C-])cc2-n2c3ccc(-c4cc(C#N)cc([N+]#[C-])c4)cc3c3cc(-c4cc(C#N)cc([N+]#[C-])c4)ccc32)c1. The Balaban J connectivity index is 1.14. The number of alkyl halides is 3. The number of aromatic nitrogens is 2. The number of hydrogen-bond donors (Lipinski definition) is 0.